The summed E-state index contributed by atoms with van der Waals surface area (Å²) in [5, 5.41) is 1.94. The van der Waals surface area contributed by atoms with Crippen molar-refractivity contribution in [3.63, 3.8) is 0 Å². The second-order valence-corrected chi connectivity index (χ2v) is 8.69. The smallest absolute Gasteiger partial charge is 0.380 e. The highest BCUT2D eigenvalue weighted by Gasteiger charge is 2.33. The Morgan fingerprint density at radius 2 is 1.77 bits per heavy atom. The molecule has 0 aliphatic heterocycles. The zero-order chi connectivity index (χ0) is 21.5. The van der Waals surface area contributed by atoms with E-state index in [1.807, 2.05) is 48.5 Å². The number of allylic oxidation sites excluding steroid dienone is 2. The Bertz CT molecular complexity index is 1320. The zero-order valence-corrected chi connectivity index (χ0v) is 18.6. The fraction of sp³-hybridized carbons (Fsp3) is 0.115. The quantitative estimate of drug-likeness (QED) is 0.202. The van der Waals surface area contributed by atoms with Crippen LogP contribution in [0.25, 0.3) is 22.4 Å². The number of carbonyl (C=O) groups excluding carboxylic acids is 3. The maximum Gasteiger partial charge on any atom is 0.380 e. The van der Waals surface area contributed by atoms with Gasteiger partial charge in [-0.2, -0.15) is 0 Å². The molecular weight excluding hydrogens is 503 g/mol. The summed E-state index contributed by atoms with van der Waals surface area (Å²) in [7, 11) is 0. The van der Waals surface area contributed by atoms with Gasteiger partial charge in [0.05, 0.1) is 5.92 Å². The third-order valence-corrected chi connectivity index (χ3v) is 6.46. The summed E-state index contributed by atoms with van der Waals surface area (Å²) in [6.07, 6.45) is 6.57. The van der Waals surface area contributed by atoms with E-state index in [-0.39, 0.29) is 16.0 Å². The van der Waals surface area contributed by atoms with Gasteiger partial charge in [0.25, 0.3) is 5.78 Å². The molecule has 0 heterocycles. The van der Waals surface area contributed by atoms with Crippen LogP contribution in [-0.2, 0) is 32.1 Å². The largest absolute Gasteiger partial charge is 0.455 e. The fourth-order valence-corrected chi connectivity index (χ4v) is 4.87. The average Bonchev–Trinajstić information content (AvgIpc) is 2.80. The summed E-state index contributed by atoms with van der Waals surface area (Å²) in [6, 6.07) is 17.1. The Labute approximate surface area is 192 Å². The van der Waals surface area contributed by atoms with Crippen LogP contribution < -0.4 is 0 Å². The van der Waals surface area contributed by atoms with E-state index in [1.165, 1.54) is 0 Å². The number of ether oxygens (including phenoxy) is 1. The van der Waals surface area contributed by atoms with Crippen LogP contribution in [0.4, 0.5) is 0 Å². The molecule has 0 amide bonds. The fourth-order valence-electron chi connectivity index (χ4n) is 4.36. The number of Topliss-reactive ketones (excluding diaryl/α,β-unsaturated/α-hetero) is 1. The molecule has 0 fully saturated rings. The highest BCUT2D eigenvalue weighted by atomic mass is 127. The van der Waals surface area contributed by atoms with Crippen molar-refractivity contribution in [3.05, 3.63) is 94.6 Å². The maximum absolute atomic E-state index is 13.1. The Kier molecular flexibility index (Phi) is 5.06. The van der Waals surface area contributed by atoms with Crippen molar-refractivity contribution < 1.29 is 19.1 Å². The Morgan fingerprint density at radius 1 is 0.968 bits per heavy atom. The van der Waals surface area contributed by atoms with Gasteiger partial charge in [0, 0.05) is 28.2 Å². The molecular formula is C26H17IO4. The van der Waals surface area contributed by atoms with Gasteiger partial charge in [-0.25, -0.2) is 4.79 Å². The van der Waals surface area contributed by atoms with Gasteiger partial charge in [-0.1, -0.05) is 72.8 Å². The van der Waals surface area contributed by atoms with Crippen LogP contribution in [0, 0.1) is 0 Å². The van der Waals surface area contributed by atoms with E-state index in [0.717, 1.165) is 39.4 Å². The third-order valence-electron chi connectivity index (χ3n) is 5.79. The van der Waals surface area contributed by atoms with Crippen molar-refractivity contribution in [2.24, 2.45) is 0 Å². The summed E-state index contributed by atoms with van der Waals surface area (Å²) in [4.78, 5) is 38.2. The van der Waals surface area contributed by atoms with E-state index in [1.54, 1.807) is 28.7 Å². The third kappa shape index (κ3) is 3.43. The van der Waals surface area contributed by atoms with Gasteiger partial charge in [0.15, 0.2) is 0 Å². The van der Waals surface area contributed by atoms with Crippen molar-refractivity contribution in [3.8, 4) is 0 Å². The number of rotatable bonds is 5. The molecule has 31 heavy (non-hydrogen) atoms. The lowest BCUT2D eigenvalue weighted by atomic mass is 9.78. The molecule has 152 valence electrons. The van der Waals surface area contributed by atoms with Crippen LogP contribution in [0.15, 0.2) is 66.7 Å². The number of hydrogen-bond donors (Lipinski definition) is 0. The number of benzene rings is 3. The minimum atomic E-state index is -0.918. The van der Waals surface area contributed by atoms with Gasteiger partial charge < -0.3 is 4.74 Å². The van der Waals surface area contributed by atoms with Crippen LogP contribution in [0.5, 0.6) is 0 Å². The lowest BCUT2D eigenvalue weighted by Crippen LogP contribution is -2.22. The summed E-state index contributed by atoms with van der Waals surface area (Å²) in [5.74, 6) is -2.22. The van der Waals surface area contributed by atoms with Gasteiger partial charge >= 0.3 is 5.97 Å². The van der Waals surface area contributed by atoms with Gasteiger partial charge in [-0.3, -0.25) is 9.59 Å². The summed E-state index contributed by atoms with van der Waals surface area (Å²) in [6.45, 7) is 0.0210. The van der Waals surface area contributed by atoms with Gasteiger partial charge in [0.1, 0.15) is 6.61 Å². The molecule has 0 aromatic heterocycles. The molecule has 0 saturated heterocycles. The molecule has 2 aliphatic rings. The minimum absolute atomic E-state index is 0.0210. The normalized spacial score (nSPS) is 16.0. The average molecular weight is 520 g/mol. The number of esters is 1. The summed E-state index contributed by atoms with van der Waals surface area (Å²) >= 11 is 1.76. The molecule has 5 rings (SSSR count). The first-order valence-electron chi connectivity index (χ1n) is 9.96. The van der Waals surface area contributed by atoms with E-state index in [4.69, 9.17) is 4.74 Å². The van der Waals surface area contributed by atoms with Crippen LogP contribution in [0.1, 0.15) is 33.7 Å². The highest BCUT2D eigenvalue weighted by Crippen LogP contribution is 2.44. The minimum Gasteiger partial charge on any atom is -0.455 e. The van der Waals surface area contributed by atoms with Crippen molar-refractivity contribution in [2.75, 3.05) is 0 Å². The number of hydrogen-bond acceptors (Lipinski definition) is 4. The molecule has 1 unspecified atom stereocenters. The molecule has 5 heteroatoms. The zero-order valence-electron chi connectivity index (χ0n) is 16.4. The molecule has 3 aromatic rings. The second-order valence-electron chi connectivity index (χ2n) is 7.63. The second kappa shape index (κ2) is 7.89. The van der Waals surface area contributed by atoms with Crippen molar-refractivity contribution >= 4 is 60.6 Å². The first-order valence-corrected chi connectivity index (χ1v) is 11.0. The number of carbonyl (C=O) groups is 3. The SMILES string of the molecule is O=C(OCc1ccccc1)C(=O)C1=CC(C(=O)I)c2ccc3c4c(ccc1c24)C=CC3. The lowest BCUT2D eigenvalue weighted by molar-refractivity contribution is -0.152. The standard InChI is InChI=1S/C26H17IO4/c27-25(29)21-13-20(24(28)26(30)31-14-15-5-2-1-3-6-15)18-11-9-16-7-4-8-17-10-12-19(21)23(18)22(16)17/h1-7,9-13,21H,8,14H2. The van der Waals surface area contributed by atoms with Gasteiger partial charge in [-0.05, 0) is 45.0 Å². The predicted octanol–water partition coefficient (Wildman–Crippen LogP) is 5.16. The van der Waals surface area contributed by atoms with E-state index in [2.05, 4.69) is 18.2 Å². The Morgan fingerprint density at radius 3 is 2.55 bits per heavy atom. The summed E-state index contributed by atoms with van der Waals surface area (Å²) < 4.78 is 5.18. The monoisotopic (exact) mass is 520 g/mol. The molecule has 0 radical (unpaired) electrons. The first-order chi connectivity index (χ1) is 15.0. The highest BCUT2D eigenvalue weighted by molar-refractivity contribution is 14.1. The molecule has 1 atom stereocenters. The van der Waals surface area contributed by atoms with Crippen molar-refractivity contribution in [1.29, 1.82) is 0 Å². The number of halogens is 1. The predicted molar refractivity (Wildman–Crippen MR) is 128 cm³/mol. The summed E-state index contributed by atoms with van der Waals surface area (Å²) in [5.41, 5.74) is 4.80. The molecule has 0 saturated carbocycles. The van der Waals surface area contributed by atoms with Crippen LogP contribution >= 0.6 is 22.6 Å². The van der Waals surface area contributed by atoms with Gasteiger partial charge in [-0.15, -0.1) is 0 Å². The Hall–Kier alpha value is -3.06. The molecule has 0 spiro atoms. The Balaban J connectivity index is 1.57. The first kappa shape index (κ1) is 19.9. The topological polar surface area (TPSA) is 60.4 Å². The lowest BCUT2D eigenvalue weighted by Gasteiger charge is -2.26. The van der Waals surface area contributed by atoms with Crippen LogP contribution in [-0.4, -0.2) is 15.5 Å². The van der Waals surface area contributed by atoms with Crippen molar-refractivity contribution in [2.45, 2.75) is 18.9 Å². The van der Waals surface area contributed by atoms with E-state index in [9.17, 15) is 14.4 Å². The molecule has 0 bridgehead atoms. The van der Waals surface area contributed by atoms with E-state index in [0.29, 0.717) is 5.56 Å². The van der Waals surface area contributed by atoms with E-state index < -0.39 is 17.7 Å². The number of ketones is 1. The maximum atomic E-state index is 13.1. The van der Waals surface area contributed by atoms with Crippen LogP contribution in [0.2, 0.25) is 0 Å². The van der Waals surface area contributed by atoms with Gasteiger partial charge in [0.2, 0.25) is 3.79 Å². The van der Waals surface area contributed by atoms with Crippen molar-refractivity contribution in [1.82, 2.24) is 0 Å². The molecule has 0 N–H and O–H groups in total. The van der Waals surface area contributed by atoms with E-state index >= 15 is 0 Å². The molecule has 2 aliphatic carbocycles. The van der Waals surface area contributed by atoms with Crippen LogP contribution in [0.3, 0.4) is 0 Å². The molecule has 3 aromatic carbocycles. The molecule has 4 nitrogen and oxygen atoms in total.